The number of hydrogen-bond acceptors (Lipinski definition) is 4. The molecule has 1 atom stereocenters. The van der Waals surface area contributed by atoms with Crippen molar-refractivity contribution in [2.24, 2.45) is 0 Å². The van der Waals surface area contributed by atoms with Crippen molar-refractivity contribution in [1.29, 1.82) is 0 Å². The zero-order valence-electron chi connectivity index (χ0n) is 12.3. The topological polar surface area (TPSA) is 102 Å². The Labute approximate surface area is 128 Å². The van der Waals surface area contributed by atoms with Gasteiger partial charge in [-0.15, -0.1) is 0 Å². The third-order valence-corrected chi connectivity index (χ3v) is 4.07. The van der Waals surface area contributed by atoms with Gasteiger partial charge in [0.1, 0.15) is 0 Å². The first kappa shape index (κ1) is 17.4. The molecule has 120 valence electrons. The van der Waals surface area contributed by atoms with Gasteiger partial charge >= 0.3 is 18.0 Å². The number of thioether (sulfide) groups is 1. The quantitative estimate of drug-likeness (QED) is 0.612. The maximum absolute atomic E-state index is 12.1. The number of aliphatic carboxylic acids is 1. The van der Waals surface area contributed by atoms with E-state index >= 15 is 0 Å². The highest BCUT2D eigenvalue weighted by atomic mass is 32.2. The van der Waals surface area contributed by atoms with E-state index < -0.39 is 5.97 Å². The molecule has 0 aliphatic carbocycles. The van der Waals surface area contributed by atoms with Crippen molar-refractivity contribution in [1.82, 2.24) is 20.4 Å². The SMILES string of the molecule is CN(C)C(=O)NCCNC(=O)N1CCSCC1CC(=O)O. The lowest BCUT2D eigenvalue weighted by atomic mass is 10.2. The molecule has 0 saturated carbocycles. The Morgan fingerprint density at radius 1 is 1.29 bits per heavy atom. The zero-order valence-corrected chi connectivity index (χ0v) is 13.1. The highest BCUT2D eigenvalue weighted by molar-refractivity contribution is 7.99. The van der Waals surface area contributed by atoms with Gasteiger partial charge < -0.3 is 25.5 Å². The molecule has 0 bridgehead atoms. The van der Waals surface area contributed by atoms with Crippen LogP contribution in [-0.4, -0.2) is 84.2 Å². The summed E-state index contributed by atoms with van der Waals surface area (Å²) in [6, 6.07) is -0.777. The molecule has 1 unspecified atom stereocenters. The van der Waals surface area contributed by atoms with Crippen LogP contribution in [0.5, 0.6) is 0 Å². The van der Waals surface area contributed by atoms with Gasteiger partial charge in [0.25, 0.3) is 0 Å². The predicted octanol–water partition coefficient (Wildman–Crippen LogP) is -0.141. The van der Waals surface area contributed by atoms with E-state index in [1.165, 1.54) is 4.90 Å². The third kappa shape index (κ3) is 6.11. The van der Waals surface area contributed by atoms with Crippen molar-refractivity contribution in [2.45, 2.75) is 12.5 Å². The van der Waals surface area contributed by atoms with Crippen LogP contribution in [0.25, 0.3) is 0 Å². The van der Waals surface area contributed by atoms with E-state index in [0.29, 0.717) is 25.4 Å². The van der Waals surface area contributed by atoms with Crippen molar-refractivity contribution in [3.05, 3.63) is 0 Å². The van der Waals surface area contributed by atoms with E-state index in [2.05, 4.69) is 10.6 Å². The molecule has 1 rings (SSSR count). The summed E-state index contributed by atoms with van der Waals surface area (Å²) in [5, 5.41) is 14.2. The molecular formula is C12H22N4O4S. The van der Waals surface area contributed by atoms with Gasteiger partial charge in [0, 0.05) is 45.2 Å². The van der Waals surface area contributed by atoms with Crippen molar-refractivity contribution in [3.8, 4) is 0 Å². The lowest BCUT2D eigenvalue weighted by molar-refractivity contribution is -0.138. The molecule has 3 N–H and O–H groups in total. The fraction of sp³-hybridized carbons (Fsp3) is 0.750. The molecule has 0 radical (unpaired) electrons. The van der Waals surface area contributed by atoms with Gasteiger partial charge in [0.15, 0.2) is 0 Å². The molecule has 0 aromatic heterocycles. The second kappa shape index (κ2) is 8.60. The van der Waals surface area contributed by atoms with Crippen LogP contribution in [0, 0.1) is 0 Å². The number of amides is 4. The Balaban J connectivity index is 2.35. The summed E-state index contributed by atoms with van der Waals surface area (Å²) in [4.78, 5) is 37.1. The summed E-state index contributed by atoms with van der Waals surface area (Å²) in [5.41, 5.74) is 0. The molecule has 0 aromatic carbocycles. The Bertz CT molecular complexity index is 391. The molecule has 1 heterocycles. The molecule has 21 heavy (non-hydrogen) atoms. The largest absolute Gasteiger partial charge is 0.481 e. The van der Waals surface area contributed by atoms with Gasteiger partial charge in [-0.3, -0.25) is 4.79 Å². The maximum Gasteiger partial charge on any atom is 0.317 e. The van der Waals surface area contributed by atoms with E-state index in [0.717, 1.165) is 5.75 Å². The predicted molar refractivity (Wildman–Crippen MR) is 80.6 cm³/mol. The molecule has 8 nitrogen and oxygen atoms in total. The zero-order chi connectivity index (χ0) is 15.8. The first-order chi connectivity index (χ1) is 9.91. The number of rotatable bonds is 5. The molecule has 1 fully saturated rings. The van der Waals surface area contributed by atoms with Crippen molar-refractivity contribution >= 4 is 29.8 Å². The van der Waals surface area contributed by atoms with Crippen LogP contribution in [0.3, 0.4) is 0 Å². The minimum Gasteiger partial charge on any atom is -0.481 e. The number of carbonyl (C=O) groups excluding carboxylic acids is 2. The summed E-state index contributed by atoms with van der Waals surface area (Å²) >= 11 is 1.65. The number of urea groups is 2. The summed E-state index contributed by atoms with van der Waals surface area (Å²) in [6.45, 7) is 1.18. The average Bonchev–Trinajstić information content (AvgIpc) is 2.42. The molecule has 1 aliphatic rings. The Kier molecular flexibility index (Phi) is 7.13. The fourth-order valence-electron chi connectivity index (χ4n) is 1.89. The van der Waals surface area contributed by atoms with Gasteiger partial charge in [-0.2, -0.15) is 11.8 Å². The van der Waals surface area contributed by atoms with Crippen LogP contribution in [0.2, 0.25) is 0 Å². The lowest BCUT2D eigenvalue weighted by Crippen LogP contribution is -2.52. The van der Waals surface area contributed by atoms with Crippen LogP contribution in [0.15, 0.2) is 0 Å². The van der Waals surface area contributed by atoms with Crippen LogP contribution >= 0.6 is 11.8 Å². The molecular weight excluding hydrogens is 296 g/mol. The Morgan fingerprint density at radius 2 is 1.95 bits per heavy atom. The lowest BCUT2D eigenvalue weighted by Gasteiger charge is -2.34. The summed E-state index contributed by atoms with van der Waals surface area (Å²) in [5.74, 6) is 0.538. The smallest absolute Gasteiger partial charge is 0.317 e. The van der Waals surface area contributed by atoms with E-state index in [9.17, 15) is 14.4 Å². The third-order valence-electron chi connectivity index (χ3n) is 2.98. The first-order valence-corrected chi connectivity index (χ1v) is 7.86. The van der Waals surface area contributed by atoms with Gasteiger partial charge in [0.2, 0.25) is 0 Å². The van der Waals surface area contributed by atoms with E-state index in [4.69, 9.17) is 5.11 Å². The van der Waals surface area contributed by atoms with E-state index in [1.54, 1.807) is 30.8 Å². The normalized spacial score (nSPS) is 18.0. The number of nitrogens with zero attached hydrogens (tertiary/aromatic N) is 2. The molecule has 0 spiro atoms. The van der Waals surface area contributed by atoms with Crippen LogP contribution < -0.4 is 10.6 Å². The number of nitrogens with one attached hydrogen (secondary N) is 2. The van der Waals surface area contributed by atoms with Crippen molar-refractivity contribution in [2.75, 3.05) is 45.2 Å². The van der Waals surface area contributed by atoms with E-state index in [1.807, 2.05) is 0 Å². The van der Waals surface area contributed by atoms with Gasteiger partial charge in [-0.25, -0.2) is 9.59 Å². The minimum absolute atomic E-state index is 0.0439. The number of carbonyl (C=O) groups is 3. The summed E-state index contributed by atoms with van der Waals surface area (Å²) in [6.07, 6.45) is -0.0439. The summed E-state index contributed by atoms with van der Waals surface area (Å²) in [7, 11) is 3.27. The highest BCUT2D eigenvalue weighted by Crippen LogP contribution is 2.18. The molecule has 4 amide bonds. The molecule has 9 heteroatoms. The molecule has 0 aromatic rings. The van der Waals surface area contributed by atoms with Gasteiger partial charge in [-0.1, -0.05) is 0 Å². The highest BCUT2D eigenvalue weighted by Gasteiger charge is 2.28. The van der Waals surface area contributed by atoms with Crippen molar-refractivity contribution in [3.63, 3.8) is 0 Å². The Morgan fingerprint density at radius 3 is 2.57 bits per heavy atom. The number of carboxylic acids is 1. The average molecular weight is 318 g/mol. The van der Waals surface area contributed by atoms with E-state index in [-0.39, 0.29) is 24.5 Å². The number of carboxylic acid groups (broad SMARTS) is 1. The monoisotopic (exact) mass is 318 g/mol. The van der Waals surface area contributed by atoms with Crippen LogP contribution in [-0.2, 0) is 4.79 Å². The minimum atomic E-state index is -0.904. The van der Waals surface area contributed by atoms with Gasteiger partial charge in [0.05, 0.1) is 12.5 Å². The second-order valence-corrected chi connectivity index (χ2v) is 6.03. The second-order valence-electron chi connectivity index (χ2n) is 4.88. The first-order valence-electron chi connectivity index (χ1n) is 6.71. The fourth-order valence-corrected chi connectivity index (χ4v) is 2.95. The Hall–Kier alpha value is -1.64. The van der Waals surface area contributed by atoms with Crippen molar-refractivity contribution < 1.29 is 19.5 Å². The van der Waals surface area contributed by atoms with Crippen LogP contribution in [0.1, 0.15) is 6.42 Å². The van der Waals surface area contributed by atoms with Crippen LogP contribution in [0.4, 0.5) is 9.59 Å². The summed E-state index contributed by atoms with van der Waals surface area (Å²) < 4.78 is 0. The maximum atomic E-state index is 12.1. The molecule has 1 aliphatic heterocycles. The standard InChI is InChI=1S/C12H22N4O4S/c1-15(2)11(19)13-3-4-14-12(20)16-5-6-21-8-9(16)7-10(17)18/h9H,3-8H2,1-2H3,(H,13,19)(H,14,20)(H,17,18). The number of hydrogen-bond donors (Lipinski definition) is 3. The van der Waals surface area contributed by atoms with Gasteiger partial charge in [-0.05, 0) is 0 Å². The molecule has 1 saturated heterocycles.